The summed E-state index contributed by atoms with van der Waals surface area (Å²) in [4.78, 5) is 22.4. The number of amides is 2. The largest absolute Gasteiger partial charge is 0.480 e. The van der Waals surface area contributed by atoms with Crippen LogP contribution in [0.3, 0.4) is 0 Å². The molecule has 0 aromatic rings. The standard InChI is InChI=1S/C12H20N2O4/c1-2-3-10(11(16)17)14-12(18)13-8-4-6-9(15)7-5-8/h2,8-10,15H,1,3-7H2,(H,16,17)(H2,13,14,18). The Hall–Kier alpha value is -1.56. The lowest BCUT2D eigenvalue weighted by Gasteiger charge is -2.26. The molecule has 6 nitrogen and oxygen atoms in total. The number of carbonyl (C=O) groups excluding carboxylic acids is 1. The van der Waals surface area contributed by atoms with Gasteiger partial charge in [0.25, 0.3) is 0 Å². The number of urea groups is 1. The second-order valence-corrected chi connectivity index (χ2v) is 4.54. The van der Waals surface area contributed by atoms with Gasteiger partial charge in [0.2, 0.25) is 0 Å². The van der Waals surface area contributed by atoms with Crippen molar-refractivity contribution in [2.24, 2.45) is 0 Å². The van der Waals surface area contributed by atoms with E-state index < -0.39 is 18.0 Å². The Morgan fingerprint density at radius 2 is 1.94 bits per heavy atom. The zero-order valence-electron chi connectivity index (χ0n) is 10.3. The van der Waals surface area contributed by atoms with Gasteiger partial charge in [0, 0.05) is 6.04 Å². The fourth-order valence-corrected chi connectivity index (χ4v) is 1.99. The molecule has 1 aliphatic rings. The number of carboxylic acids is 1. The van der Waals surface area contributed by atoms with Crippen LogP contribution in [0, 0.1) is 0 Å². The van der Waals surface area contributed by atoms with Crippen molar-refractivity contribution >= 4 is 12.0 Å². The molecular formula is C12H20N2O4. The van der Waals surface area contributed by atoms with E-state index in [1.807, 2.05) is 0 Å². The molecule has 4 N–H and O–H groups in total. The summed E-state index contributed by atoms with van der Waals surface area (Å²) in [6.07, 6.45) is 4.13. The highest BCUT2D eigenvalue weighted by atomic mass is 16.4. The first-order valence-corrected chi connectivity index (χ1v) is 6.11. The monoisotopic (exact) mass is 256 g/mol. The highest BCUT2D eigenvalue weighted by Crippen LogP contribution is 2.18. The van der Waals surface area contributed by atoms with Crippen LogP contribution in [-0.2, 0) is 4.79 Å². The van der Waals surface area contributed by atoms with Crippen molar-refractivity contribution in [1.29, 1.82) is 0 Å². The van der Waals surface area contributed by atoms with Gasteiger partial charge in [0.05, 0.1) is 6.10 Å². The van der Waals surface area contributed by atoms with Crippen molar-refractivity contribution in [2.45, 2.75) is 50.3 Å². The number of carboxylic acid groups (broad SMARTS) is 1. The summed E-state index contributed by atoms with van der Waals surface area (Å²) in [5.74, 6) is -1.08. The molecule has 0 aromatic carbocycles. The lowest BCUT2D eigenvalue weighted by atomic mass is 9.93. The normalized spacial score (nSPS) is 24.9. The average molecular weight is 256 g/mol. The Bertz CT molecular complexity index is 311. The molecule has 0 aromatic heterocycles. The molecule has 1 unspecified atom stereocenters. The molecule has 1 atom stereocenters. The van der Waals surface area contributed by atoms with E-state index in [0.717, 1.165) is 0 Å². The first kappa shape index (κ1) is 14.5. The van der Waals surface area contributed by atoms with Crippen molar-refractivity contribution in [3.05, 3.63) is 12.7 Å². The van der Waals surface area contributed by atoms with Crippen LogP contribution in [0.5, 0.6) is 0 Å². The van der Waals surface area contributed by atoms with Crippen LogP contribution in [0.25, 0.3) is 0 Å². The zero-order valence-corrected chi connectivity index (χ0v) is 10.3. The number of aliphatic hydroxyl groups excluding tert-OH is 1. The van der Waals surface area contributed by atoms with Gasteiger partial charge < -0.3 is 20.8 Å². The second kappa shape index (κ2) is 7.00. The summed E-state index contributed by atoms with van der Waals surface area (Å²) in [5, 5.41) is 23.3. The van der Waals surface area contributed by atoms with Gasteiger partial charge in [-0.1, -0.05) is 6.08 Å². The van der Waals surface area contributed by atoms with Gasteiger partial charge in [0.15, 0.2) is 0 Å². The van der Waals surface area contributed by atoms with Crippen LogP contribution in [0.4, 0.5) is 4.79 Å². The molecule has 0 spiro atoms. The van der Waals surface area contributed by atoms with Crippen LogP contribution in [0.2, 0.25) is 0 Å². The minimum absolute atomic E-state index is 0.00609. The molecule has 0 aliphatic heterocycles. The van der Waals surface area contributed by atoms with E-state index in [1.165, 1.54) is 6.08 Å². The van der Waals surface area contributed by atoms with Gasteiger partial charge in [-0.05, 0) is 32.1 Å². The smallest absolute Gasteiger partial charge is 0.326 e. The van der Waals surface area contributed by atoms with Crippen LogP contribution >= 0.6 is 0 Å². The highest BCUT2D eigenvalue weighted by molar-refractivity contribution is 5.82. The number of carbonyl (C=O) groups is 2. The minimum atomic E-state index is -1.08. The molecule has 0 heterocycles. The number of hydrogen-bond donors (Lipinski definition) is 4. The second-order valence-electron chi connectivity index (χ2n) is 4.54. The quantitative estimate of drug-likeness (QED) is 0.542. The molecule has 18 heavy (non-hydrogen) atoms. The SMILES string of the molecule is C=CCC(NC(=O)NC1CCC(O)CC1)C(=O)O. The van der Waals surface area contributed by atoms with E-state index in [0.29, 0.717) is 25.7 Å². The molecule has 0 saturated heterocycles. The van der Waals surface area contributed by atoms with Crippen LogP contribution in [0.1, 0.15) is 32.1 Å². The third-order valence-corrected chi connectivity index (χ3v) is 3.04. The molecule has 0 bridgehead atoms. The highest BCUT2D eigenvalue weighted by Gasteiger charge is 2.23. The van der Waals surface area contributed by atoms with Gasteiger partial charge >= 0.3 is 12.0 Å². The van der Waals surface area contributed by atoms with Crippen molar-refractivity contribution in [3.63, 3.8) is 0 Å². The topological polar surface area (TPSA) is 98.7 Å². The van der Waals surface area contributed by atoms with Crippen LogP contribution < -0.4 is 10.6 Å². The van der Waals surface area contributed by atoms with Crippen molar-refractivity contribution in [3.8, 4) is 0 Å². The lowest BCUT2D eigenvalue weighted by Crippen LogP contribution is -2.49. The zero-order chi connectivity index (χ0) is 13.5. The molecule has 1 saturated carbocycles. The first-order chi connectivity index (χ1) is 8.52. The molecule has 0 radical (unpaired) electrons. The van der Waals surface area contributed by atoms with Crippen LogP contribution in [-0.4, -0.2) is 40.4 Å². The molecule has 1 rings (SSSR count). The Balaban J connectivity index is 2.35. The summed E-state index contributed by atoms with van der Waals surface area (Å²) in [7, 11) is 0. The van der Waals surface area contributed by atoms with Gasteiger partial charge in [-0.15, -0.1) is 6.58 Å². The minimum Gasteiger partial charge on any atom is -0.480 e. The maximum atomic E-state index is 11.6. The van der Waals surface area contributed by atoms with E-state index in [9.17, 15) is 14.7 Å². The summed E-state index contributed by atoms with van der Waals surface area (Å²) in [6.45, 7) is 3.45. The molecule has 102 valence electrons. The molecule has 1 aliphatic carbocycles. The fourth-order valence-electron chi connectivity index (χ4n) is 1.99. The Kier molecular flexibility index (Phi) is 5.64. The van der Waals surface area contributed by atoms with E-state index >= 15 is 0 Å². The maximum Gasteiger partial charge on any atom is 0.326 e. The summed E-state index contributed by atoms with van der Waals surface area (Å²) >= 11 is 0. The van der Waals surface area contributed by atoms with Gasteiger partial charge in [-0.2, -0.15) is 0 Å². The van der Waals surface area contributed by atoms with E-state index in [4.69, 9.17) is 5.11 Å². The van der Waals surface area contributed by atoms with Crippen molar-refractivity contribution in [1.82, 2.24) is 10.6 Å². The van der Waals surface area contributed by atoms with Gasteiger partial charge in [0.1, 0.15) is 6.04 Å². The van der Waals surface area contributed by atoms with Gasteiger partial charge in [-0.3, -0.25) is 0 Å². The third-order valence-electron chi connectivity index (χ3n) is 3.04. The van der Waals surface area contributed by atoms with Crippen molar-refractivity contribution in [2.75, 3.05) is 0 Å². The molecule has 2 amide bonds. The third kappa shape index (κ3) is 4.75. The number of rotatable bonds is 5. The average Bonchev–Trinajstić information content (AvgIpc) is 2.31. The first-order valence-electron chi connectivity index (χ1n) is 6.11. The summed E-state index contributed by atoms with van der Waals surface area (Å²) in [6, 6.07) is -1.42. The number of hydrogen-bond acceptors (Lipinski definition) is 3. The fraction of sp³-hybridized carbons (Fsp3) is 0.667. The predicted octanol–water partition coefficient (Wildman–Crippen LogP) is 0.618. The molecule has 1 fully saturated rings. The van der Waals surface area contributed by atoms with E-state index in [2.05, 4.69) is 17.2 Å². The molecule has 6 heteroatoms. The summed E-state index contributed by atoms with van der Waals surface area (Å²) in [5.41, 5.74) is 0. The van der Waals surface area contributed by atoms with E-state index in [-0.39, 0.29) is 18.6 Å². The number of aliphatic hydroxyl groups is 1. The predicted molar refractivity (Wildman–Crippen MR) is 66.2 cm³/mol. The number of nitrogens with one attached hydrogen (secondary N) is 2. The van der Waals surface area contributed by atoms with Gasteiger partial charge in [-0.25, -0.2) is 9.59 Å². The van der Waals surface area contributed by atoms with Crippen molar-refractivity contribution < 1.29 is 19.8 Å². The van der Waals surface area contributed by atoms with E-state index in [1.54, 1.807) is 0 Å². The Morgan fingerprint density at radius 1 is 1.33 bits per heavy atom. The molecular weight excluding hydrogens is 236 g/mol. The maximum absolute atomic E-state index is 11.6. The Labute approximate surface area is 106 Å². The van der Waals surface area contributed by atoms with Crippen LogP contribution in [0.15, 0.2) is 12.7 Å². The lowest BCUT2D eigenvalue weighted by molar-refractivity contribution is -0.139. The number of aliphatic carboxylic acids is 1. The summed E-state index contributed by atoms with van der Waals surface area (Å²) < 4.78 is 0. The Morgan fingerprint density at radius 3 is 2.44 bits per heavy atom.